The van der Waals surface area contributed by atoms with Gasteiger partial charge in [0.1, 0.15) is 0 Å². The zero-order valence-electron chi connectivity index (χ0n) is 6.69. The van der Waals surface area contributed by atoms with E-state index in [1.54, 1.807) is 17.2 Å². The summed E-state index contributed by atoms with van der Waals surface area (Å²) < 4.78 is 25.4. The largest absolute Gasteiger partial charge is 0.372 e. The van der Waals surface area contributed by atoms with E-state index in [1.165, 1.54) is 0 Å². The standard InChI is InChI=1S/C8H13F2N/c1-2-5-11-6-3-4-8(9,10)7-11/h2,5H,3-4,6-7H2,1H3/b5-2-. The van der Waals surface area contributed by atoms with E-state index in [-0.39, 0.29) is 13.0 Å². The molecule has 0 aromatic carbocycles. The molecule has 0 radical (unpaired) electrons. The summed E-state index contributed by atoms with van der Waals surface area (Å²) in [4.78, 5) is 1.67. The summed E-state index contributed by atoms with van der Waals surface area (Å²) in [6.45, 7) is 2.49. The third kappa shape index (κ3) is 2.48. The van der Waals surface area contributed by atoms with Crippen molar-refractivity contribution in [2.75, 3.05) is 13.1 Å². The molecule has 1 nitrogen and oxygen atoms in total. The van der Waals surface area contributed by atoms with E-state index in [0.717, 1.165) is 6.54 Å². The lowest BCUT2D eigenvalue weighted by molar-refractivity contribution is -0.0518. The highest BCUT2D eigenvalue weighted by Crippen LogP contribution is 2.26. The first-order valence-corrected chi connectivity index (χ1v) is 3.89. The smallest absolute Gasteiger partial charge is 0.265 e. The number of rotatable bonds is 1. The van der Waals surface area contributed by atoms with Crippen LogP contribution in [0.15, 0.2) is 12.3 Å². The molecule has 0 N–H and O–H groups in total. The summed E-state index contributed by atoms with van der Waals surface area (Å²) in [7, 11) is 0. The first-order valence-electron chi connectivity index (χ1n) is 3.89. The van der Waals surface area contributed by atoms with Crippen LogP contribution in [0.4, 0.5) is 8.78 Å². The van der Waals surface area contributed by atoms with Gasteiger partial charge < -0.3 is 4.90 Å². The minimum atomic E-state index is -2.47. The van der Waals surface area contributed by atoms with Crippen molar-refractivity contribution in [1.29, 1.82) is 0 Å². The minimum absolute atomic E-state index is 0.0427. The van der Waals surface area contributed by atoms with Gasteiger partial charge in [-0.15, -0.1) is 0 Å². The van der Waals surface area contributed by atoms with Crippen molar-refractivity contribution in [1.82, 2.24) is 4.90 Å². The second kappa shape index (κ2) is 3.20. The molecule has 0 bridgehead atoms. The molecule has 1 rings (SSSR count). The van der Waals surface area contributed by atoms with Crippen molar-refractivity contribution in [2.24, 2.45) is 0 Å². The van der Waals surface area contributed by atoms with Crippen LogP contribution in [0.1, 0.15) is 19.8 Å². The van der Waals surface area contributed by atoms with Crippen LogP contribution in [0.2, 0.25) is 0 Å². The van der Waals surface area contributed by atoms with Crippen molar-refractivity contribution >= 4 is 0 Å². The quantitative estimate of drug-likeness (QED) is 0.570. The fourth-order valence-electron chi connectivity index (χ4n) is 1.33. The molecule has 1 saturated heterocycles. The average molecular weight is 161 g/mol. The van der Waals surface area contributed by atoms with Gasteiger partial charge in [0.2, 0.25) is 0 Å². The monoisotopic (exact) mass is 161 g/mol. The van der Waals surface area contributed by atoms with Gasteiger partial charge in [0.25, 0.3) is 5.92 Å². The van der Waals surface area contributed by atoms with Crippen molar-refractivity contribution in [3.63, 3.8) is 0 Å². The fourth-order valence-corrected chi connectivity index (χ4v) is 1.33. The van der Waals surface area contributed by atoms with Gasteiger partial charge in [-0.2, -0.15) is 0 Å². The Bertz CT molecular complexity index is 154. The van der Waals surface area contributed by atoms with Gasteiger partial charge in [0.15, 0.2) is 0 Å². The second-order valence-corrected chi connectivity index (χ2v) is 2.91. The van der Waals surface area contributed by atoms with E-state index in [2.05, 4.69) is 0 Å². The molecular weight excluding hydrogens is 148 g/mol. The summed E-state index contributed by atoms with van der Waals surface area (Å²) in [6.07, 6.45) is 4.16. The molecule has 1 aliphatic heterocycles. The predicted octanol–water partition coefficient (Wildman–Crippen LogP) is 2.25. The number of hydrogen-bond donors (Lipinski definition) is 0. The Morgan fingerprint density at radius 2 is 2.18 bits per heavy atom. The average Bonchev–Trinajstić information content (AvgIpc) is 1.85. The minimum Gasteiger partial charge on any atom is -0.372 e. The maximum Gasteiger partial charge on any atom is 0.265 e. The second-order valence-electron chi connectivity index (χ2n) is 2.91. The molecule has 0 saturated carbocycles. The van der Waals surface area contributed by atoms with Crippen LogP contribution in [-0.2, 0) is 0 Å². The van der Waals surface area contributed by atoms with Crippen LogP contribution < -0.4 is 0 Å². The van der Waals surface area contributed by atoms with Crippen molar-refractivity contribution in [3.8, 4) is 0 Å². The zero-order valence-corrected chi connectivity index (χ0v) is 6.69. The number of allylic oxidation sites excluding steroid dienone is 1. The number of hydrogen-bond acceptors (Lipinski definition) is 1. The summed E-state index contributed by atoms with van der Waals surface area (Å²) in [5.74, 6) is -2.47. The van der Waals surface area contributed by atoms with E-state index in [1.807, 2.05) is 6.92 Å². The van der Waals surface area contributed by atoms with Crippen molar-refractivity contribution < 1.29 is 8.78 Å². The molecule has 11 heavy (non-hydrogen) atoms. The van der Waals surface area contributed by atoms with E-state index in [9.17, 15) is 8.78 Å². The Balaban J connectivity index is 2.46. The fraction of sp³-hybridized carbons (Fsp3) is 0.750. The zero-order chi connectivity index (χ0) is 8.32. The third-order valence-electron chi connectivity index (χ3n) is 1.78. The number of likely N-dealkylation sites (tertiary alicyclic amines) is 1. The third-order valence-corrected chi connectivity index (χ3v) is 1.78. The molecule has 0 unspecified atom stereocenters. The van der Waals surface area contributed by atoms with Gasteiger partial charge in [-0.05, 0) is 19.5 Å². The molecule has 0 amide bonds. The molecule has 64 valence electrons. The van der Waals surface area contributed by atoms with Gasteiger partial charge >= 0.3 is 0 Å². The topological polar surface area (TPSA) is 3.24 Å². The lowest BCUT2D eigenvalue weighted by Gasteiger charge is -2.31. The SMILES string of the molecule is C/C=C\N1CCCC(F)(F)C1. The summed E-state index contributed by atoms with van der Waals surface area (Å²) in [6, 6.07) is 0. The van der Waals surface area contributed by atoms with Crippen LogP contribution in [-0.4, -0.2) is 23.9 Å². The highest BCUT2D eigenvalue weighted by Gasteiger charge is 2.33. The molecule has 0 atom stereocenters. The number of nitrogens with zero attached hydrogens (tertiary/aromatic N) is 1. The highest BCUT2D eigenvalue weighted by molar-refractivity contribution is 4.86. The van der Waals surface area contributed by atoms with E-state index >= 15 is 0 Å². The maximum absolute atomic E-state index is 12.7. The van der Waals surface area contributed by atoms with Crippen molar-refractivity contribution in [2.45, 2.75) is 25.7 Å². The molecule has 0 aromatic heterocycles. The number of alkyl halides is 2. The van der Waals surface area contributed by atoms with E-state index in [4.69, 9.17) is 0 Å². The molecule has 1 heterocycles. The van der Waals surface area contributed by atoms with Gasteiger partial charge in [-0.25, -0.2) is 8.78 Å². The van der Waals surface area contributed by atoms with Crippen LogP contribution in [0.5, 0.6) is 0 Å². The summed E-state index contributed by atoms with van der Waals surface area (Å²) in [5.41, 5.74) is 0. The number of halogens is 2. The van der Waals surface area contributed by atoms with E-state index in [0.29, 0.717) is 6.42 Å². The predicted molar refractivity (Wildman–Crippen MR) is 40.6 cm³/mol. The molecule has 0 spiro atoms. The Morgan fingerprint density at radius 1 is 1.45 bits per heavy atom. The van der Waals surface area contributed by atoms with Gasteiger partial charge in [-0.1, -0.05) is 6.08 Å². The van der Waals surface area contributed by atoms with E-state index < -0.39 is 5.92 Å². The van der Waals surface area contributed by atoms with Gasteiger partial charge in [0, 0.05) is 13.0 Å². The Labute approximate surface area is 65.7 Å². The van der Waals surface area contributed by atoms with Crippen LogP contribution >= 0.6 is 0 Å². The van der Waals surface area contributed by atoms with Gasteiger partial charge in [0.05, 0.1) is 6.54 Å². The molecule has 0 aromatic rings. The lowest BCUT2D eigenvalue weighted by Crippen LogP contribution is -2.39. The van der Waals surface area contributed by atoms with Gasteiger partial charge in [-0.3, -0.25) is 0 Å². The molecule has 3 heteroatoms. The Morgan fingerprint density at radius 3 is 2.73 bits per heavy atom. The van der Waals surface area contributed by atoms with Crippen LogP contribution in [0.25, 0.3) is 0 Å². The summed E-state index contributed by atoms with van der Waals surface area (Å²) >= 11 is 0. The summed E-state index contributed by atoms with van der Waals surface area (Å²) in [5, 5.41) is 0. The van der Waals surface area contributed by atoms with Crippen LogP contribution in [0, 0.1) is 0 Å². The molecule has 0 aliphatic carbocycles. The normalized spacial score (nSPS) is 24.5. The van der Waals surface area contributed by atoms with Crippen molar-refractivity contribution in [3.05, 3.63) is 12.3 Å². The lowest BCUT2D eigenvalue weighted by atomic mass is 10.1. The molecule has 1 fully saturated rings. The highest BCUT2D eigenvalue weighted by atomic mass is 19.3. The Hall–Kier alpha value is -0.600. The maximum atomic E-state index is 12.7. The first kappa shape index (κ1) is 8.50. The first-order chi connectivity index (χ1) is 5.14. The Kier molecular flexibility index (Phi) is 2.47. The van der Waals surface area contributed by atoms with Crippen LogP contribution in [0.3, 0.4) is 0 Å². The number of piperidine rings is 1. The molecule has 1 aliphatic rings. The molecular formula is C8H13F2N.